The molecular formula is C11H21NO3. The summed E-state index contributed by atoms with van der Waals surface area (Å²) in [7, 11) is 0. The zero-order chi connectivity index (χ0) is 11.6. The summed E-state index contributed by atoms with van der Waals surface area (Å²) in [6.07, 6.45) is 1.48. The Labute approximate surface area is 91.2 Å². The molecule has 2 atom stereocenters. The molecule has 1 N–H and O–H groups in total. The predicted molar refractivity (Wildman–Crippen MR) is 57.6 cm³/mol. The van der Waals surface area contributed by atoms with Crippen LogP contribution >= 0.6 is 0 Å². The van der Waals surface area contributed by atoms with Gasteiger partial charge in [0, 0.05) is 6.04 Å². The molecule has 1 heterocycles. The van der Waals surface area contributed by atoms with Crippen molar-refractivity contribution in [1.29, 1.82) is 0 Å². The third-order valence-electron chi connectivity index (χ3n) is 2.60. The lowest BCUT2D eigenvalue weighted by Crippen LogP contribution is -2.44. The Morgan fingerprint density at radius 2 is 2.07 bits per heavy atom. The van der Waals surface area contributed by atoms with Crippen LogP contribution in [0.15, 0.2) is 0 Å². The molecule has 0 spiro atoms. The van der Waals surface area contributed by atoms with Crippen molar-refractivity contribution in [3.63, 3.8) is 0 Å². The van der Waals surface area contributed by atoms with Gasteiger partial charge in [-0.05, 0) is 40.5 Å². The second-order valence-corrected chi connectivity index (χ2v) is 5.15. The van der Waals surface area contributed by atoms with Crippen LogP contribution in [0, 0.1) is 0 Å². The van der Waals surface area contributed by atoms with Crippen LogP contribution in [0.2, 0.25) is 0 Å². The highest BCUT2D eigenvalue weighted by molar-refractivity contribution is 5.69. The highest BCUT2D eigenvalue weighted by Crippen LogP contribution is 2.25. The molecule has 88 valence electrons. The molecule has 0 radical (unpaired) electrons. The highest BCUT2D eigenvalue weighted by atomic mass is 16.6. The average molecular weight is 215 g/mol. The Morgan fingerprint density at radius 1 is 1.47 bits per heavy atom. The summed E-state index contributed by atoms with van der Waals surface area (Å²) in [5.74, 6) is 0. The Bertz CT molecular complexity index is 234. The maximum Gasteiger partial charge on any atom is 0.410 e. The quantitative estimate of drug-likeness (QED) is 0.725. The lowest BCUT2D eigenvalue weighted by molar-refractivity contribution is 0.0105. The van der Waals surface area contributed by atoms with Gasteiger partial charge in [-0.1, -0.05) is 0 Å². The third-order valence-corrected chi connectivity index (χ3v) is 2.60. The van der Waals surface area contributed by atoms with Crippen LogP contribution in [0.5, 0.6) is 0 Å². The Kier molecular flexibility index (Phi) is 3.60. The molecule has 1 rings (SSSR count). The normalized spacial score (nSPS) is 26.9. The molecular weight excluding hydrogens is 194 g/mol. The molecule has 1 aliphatic rings. The summed E-state index contributed by atoms with van der Waals surface area (Å²) >= 11 is 0. The van der Waals surface area contributed by atoms with Crippen LogP contribution in [0.1, 0.15) is 40.5 Å². The van der Waals surface area contributed by atoms with Crippen molar-refractivity contribution in [3.05, 3.63) is 0 Å². The van der Waals surface area contributed by atoms with Crippen molar-refractivity contribution in [1.82, 2.24) is 4.90 Å². The molecule has 1 aliphatic heterocycles. The number of hydrogen-bond acceptors (Lipinski definition) is 3. The fourth-order valence-corrected chi connectivity index (χ4v) is 1.89. The van der Waals surface area contributed by atoms with Gasteiger partial charge >= 0.3 is 6.09 Å². The minimum Gasteiger partial charge on any atom is -0.444 e. The number of likely N-dealkylation sites (tertiary alicyclic amines) is 1. The summed E-state index contributed by atoms with van der Waals surface area (Å²) in [4.78, 5) is 13.5. The van der Waals surface area contributed by atoms with Gasteiger partial charge in [-0.3, -0.25) is 0 Å². The smallest absolute Gasteiger partial charge is 0.410 e. The van der Waals surface area contributed by atoms with E-state index in [9.17, 15) is 4.79 Å². The van der Waals surface area contributed by atoms with E-state index < -0.39 is 5.60 Å². The van der Waals surface area contributed by atoms with Crippen molar-refractivity contribution in [2.45, 2.75) is 58.2 Å². The number of carbonyl (C=O) groups excluding carboxylic acids is 1. The Morgan fingerprint density at radius 3 is 2.53 bits per heavy atom. The second-order valence-electron chi connectivity index (χ2n) is 5.15. The number of ether oxygens (including phenoxy) is 1. The number of hydrogen-bond donors (Lipinski definition) is 1. The minimum atomic E-state index is -0.473. The number of amides is 1. The maximum absolute atomic E-state index is 11.8. The number of carbonyl (C=O) groups is 1. The molecule has 0 bridgehead atoms. The Hall–Kier alpha value is -0.770. The zero-order valence-corrected chi connectivity index (χ0v) is 9.99. The molecule has 0 aromatic heterocycles. The van der Waals surface area contributed by atoms with Crippen LogP contribution in [-0.2, 0) is 4.74 Å². The fraction of sp³-hybridized carbons (Fsp3) is 0.909. The van der Waals surface area contributed by atoms with Crippen LogP contribution in [0.25, 0.3) is 0 Å². The minimum absolute atomic E-state index is 0.0174. The van der Waals surface area contributed by atoms with Gasteiger partial charge in [0.25, 0.3) is 0 Å². The van der Waals surface area contributed by atoms with Gasteiger partial charge in [0.2, 0.25) is 0 Å². The topological polar surface area (TPSA) is 49.8 Å². The van der Waals surface area contributed by atoms with Crippen LogP contribution in [0.4, 0.5) is 4.79 Å². The van der Waals surface area contributed by atoms with E-state index in [1.165, 1.54) is 0 Å². The van der Waals surface area contributed by atoms with Gasteiger partial charge in [-0.25, -0.2) is 4.79 Å². The number of nitrogens with zero attached hydrogens (tertiary/aromatic N) is 1. The molecule has 0 aromatic rings. The summed E-state index contributed by atoms with van der Waals surface area (Å²) in [5, 5.41) is 9.15. The third kappa shape index (κ3) is 3.09. The van der Waals surface area contributed by atoms with E-state index in [0.29, 0.717) is 0 Å². The molecule has 4 nitrogen and oxygen atoms in total. The van der Waals surface area contributed by atoms with Crippen molar-refractivity contribution in [2.24, 2.45) is 0 Å². The monoisotopic (exact) mass is 215 g/mol. The van der Waals surface area contributed by atoms with Crippen molar-refractivity contribution in [3.8, 4) is 0 Å². The predicted octanol–water partition coefficient (Wildman–Crippen LogP) is 1.77. The van der Waals surface area contributed by atoms with Crippen LogP contribution in [0.3, 0.4) is 0 Å². The van der Waals surface area contributed by atoms with Crippen molar-refractivity contribution >= 4 is 6.09 Å². The first-order valence-electron chi connectivity index (χ1n) is 5.47. The lowest BCUT2D eigenvalue weighted by Gasteiger charge is -2.30. The first-order valence-corrected chi connectivity index (χ1v) is 5.47. The van der Waals surface area contributed by atoms with Crippen molar-refractivity contribution in [2.75, 3.05) is 6.61 Å². The number of aliphatic hydroxyl groups excluding tert-OH is 1. The summed E-state index contributed by atoms with van der Waals surface area (Å²) < 4.78 is 5.30. The largest absolute Gasteiger partial charge is 0.444 e. The SMILES string of the molecule is C[C@@H]1CC[C@@H](CO)N1C(=O)OC(C)(C)C. The molecule has 0 saturated carbocycles. The summed E-state index contributed by atoms with van der Waals surface area (Å²) in [5.41, 5.74) is -0.473. The van der Waals surface area contributed by atoms with Gasteiger partial charge in [0.15, 0.2) is 0 Å². The second kappa shape index (κ2) is 4.39. The van der Waals surface area contributed by atoms with Gasteiger partial charge in [0.05, 0.1) is 12.6 Å². The van der Waals surface area contributed by atoms with E-state index in [0.717, 1.165) is 12.8 Å². The molecule has 15 heavy (non-hydrogen) atoms. The summed E-state index contributed by atoms with van der Waals surface area (Å²) in [6.45, 7) is 7.54. The summed E-state index contributed by atoms with van der Waals surface area (Å²) in [6, 6.07) is 0.0897. The molecule has 1 saturated heterocycles. The van der Waals surface area contributed by atoms with Gasteiger partial charge < -0.3 is 14.7 Å². The number of rotatable bonds is 1. The van der Waals surface area contributed by atoms with Gasteiger partial charge in [-0.15, -0.1) is 0 Å². The van der Waals surface area contributed by atoms with E-state index >= 15 is 0 Å². The molecule has 1 fully saturated rings. The molecule has 0 unspecified atom stereocenters. The number of aliphatic hydroxyl groups is 1. The van der Waals surface area contributed by atoms with Gasteiger partial charge in [-0.2, -0.15) is 0 Å². The van der Waals surface area contributed by atoms with Crippen molar-refractivity contribution < 1.29 is 14.6 Å². The first kappa shape index (κ1) is 12.3. The van der Waals surface area contributed by atoms with E-state index in [1.807, 2.05) is 27.7 Å². The van der Waals surface area contributed by atoms with Crippen LogP contribution in [-0.4, -0.2) is 40.4 Å². The lowest BCUT2D eigenvalue weighted by atomic mass is 10.2. The van der Waals surface area contributed by atoms with E-state index in [1.54, 1.807) is 4.90 Å². The van der Waals surface area contributed by atoms with E-state index in [2.05, 4.69) is 0 Å². The molecule has 0 aromatic carbocycles. The maximum atomic E-state index is 11.8. The molecule has 1 amide bonds. The fourth-order valence-electron chi connectivity index (χ4n) is 1.89. The van der Waals surface area contributed by atoms with Crippen LogP contribution < -0.4 is 0 Å². The standard InChI is InChI=1S/C11H21NO3/c1-8-5-6-9(7-13)12(8)10(14)15-11(2,3)4/h8-9,13H,5-7H2,1-4H3/t8-,9+/m1/s1. The van der Waals surface area contributed by atoms with Gasteiger partial charge in [0.1, 0.15) is 5.60 Å². The molecule has 0 aliphatic carbocycles. The highest BCUT2D eigenvalue weighted by Gasteiger charge is 2.36. The average Bonchev–Trinajstić information content (AvgIpc) is 2.43. The van der Waals surface area contributed by atoms with E-state index in [-0.39, 0.29) is 24.8 Å². The molecule has 4 heteroatoms. The first-order chi connectivity index (χ1) is 6.85. The van der Waals surface area contributed by atoms with E-state index in [4.69, 9.17) is 9.84 Å². The zero-order valence-electron chi connectivity index (χ0n) is 9.99. The Balaban J connectivity index is 2.64.